The van der Waals surface area contributed by atoms with Gasteiger partial charge in [0.15, 0.2) is 10.9 Å². The lowest BCUT2D eigenvalue weighted by molar-refractivity contribution is -0.274. The Bertz CT molecular complexity index is 429. The van der Waals surface area contributed by atoms with Gasteiger partial charge in [0.25, 0.3) is 0 Å². The predicted octanol–water partition coefficient (Wildman–Crippen LogP) is 3.27. The normalized spacial score (nSPS) is 10.9. The molecular formula is C7HBrClF3N2O. The van der Waals surface area contributed by atoms with Gasteiger partial charge >= 0.3 is 6.36 Å². The molecule has 8 heteroatoms. The van der Waals surface area contributed by atoms with Crippen molar-refractivity contribution in [1.29, 1.82) is 5.26 Å². The highest BCUT2D eigenvalue weighted by atomic mass is 79.9. The molecule has 1 aromatic heterocycles. The zero-order chi connectivity index (χ0) is 11.6. The molecule has 3 nitrogen and oxygen atoms in total. The Morgan fingerprint density at radius 2 is 2.13 bits per heavy atom. The van der Waals surface area contributed by atoms with Gasteiger partial charge in [-0.2, -0.15) is 5.26 Å². The van der Waals surface area contributed by atoms with Gasteiger partial charge in [-0.3, -0.25) is 0 Å². The molecule has 15 heavy (non-hydrogen) atoms. The number of alkyl halides is 3. The summed E-state index contributed by atoms with van der Waals surface area (Å²) in [6, 6.07) is 2.60. The minimum absolute atomic E-state index is 0.151. The molecule has 1 heterocycles. The minimum Gasteiger partial charge on any atom is -0.401 e. The lowest BCUT2D eigenvalue weighted by atomic mass is 10.3. The van der Waals surface area contributed by atoms with Gasteiger partial charge in [0.05, 0.1) is 0 Å². The van der Waals surface area contributed by atoms with E-state index in [1.54, 1.807) is 0 Å². The fraction of sp³-hybridized carbons (Fsp3) is 0.143. The van der Waals surface area contributed by atoms with Crippen LogP contribution >= 0.6 is 27.5 Å². The molecule has 0 radical (unpaired) electrons. The van der Waals surface area contributed by atoms with Gasteiger partial charge in [-0.1, -0.05) is 11.6 Å². The molecule has 0 saturated carbocycles. The molecule has 0 aromatic carbocycles. The Morgan fingerprint density at radius 1 is 1.53 bits per heavy atom. The summed E-state index contributed by atoms with van der Waals surface area (Å²) in [5, 5.41) is 8.03. The first-order valence-corrected chi connectivity index (χ1v) is 4.52. The third-order valence-corrected chi connectivity index (χ3v) is 1.90. The van der Waals surface area contributed by atoms with Crippen molar-refractivity contribution in [3.05, 3.63) is 21.4 Å². The molecule has 0 atom stereocenters. The van der Waals surface area contributed by atoms with Crippen LogP contribution in [0.1, 0.15) is 5.56 Å². The van der Waals surface area contributed by atoms with Gasteiger partial charge in [-0.15, -0.1) is 13.2 Å². The van der Waals surface area contributed by atoms with Gasteiger partial charge in [-0.05, 0) is 22.0 Å². The second kappa shape index (κ2) is 4.24. The Labute approximate surface area is 95.6 Å². The van der Waals surface area contributed by atoms with Crippen molar-refractivity contribution in [3.63, 3.8) is 0 Å². The fourth-order valence-electron chi connectivity index (χ4n) is 0.768. The summed E-state index contributed by atoms with van der Waals surface area (Å²) in [4.78, 5) is 3.47. The first-order chi connectivity index (χ1) is 6.83. The Kier molecular flexibility index (Phi) is 3.42. The summed E-state index contributed by atoms with van der Waals surface area (Å²) in [6.45, 7) is 0. The molecule has 0 aliphatic rings. The number of hydrogen-bond donors (Lipinski definition) is 0. The first kappa shape index (κ1) is 12.1. The van der Waals surface area contributed by atoms with Crippen molar-refractivity contribution in [1.82, 2.24) is 4.98 Å². The molecule has 0 aliphatic heterocycles. The van der Waals surface area contributed by atoms with E-state index in [1.807, 2.05) is 0 Å². The van der Waals surface area contributed by atoms with E-state index in [9.17, 15) is 13.2 Å². The minimum atomic E-state index is -4.91. The number of nitrogens with zero attached hydrogens (tertiary/aromatic N) is 2. The molecule has 1 rings (SSSR count). The van der Waals surface area contributed by atoms with E-state index < -0.39 is 17.3 Å². The number of ether oxygens (including phenoxy) is 1. The van der Waals surface area contributed by atoms with Crippen LogP contribution < -0.4 is 4.74 Å². The second-order valence-electron chi connectivity index (χ2n) is 2.27. The quantitative estimate of drug-likeness (QED) is 0.748. The summed E-state index contributed by atoms with van der Waals surface area (Å²) in [6.07, 6.45) is -4.91. The fourth-order valence-corrected chi connectivity index (χ4v) is 1.51. The molecule has 0 aliphatic carbocycles. The van der Waals surface area contributed by atoms with Crippen LogP contribution in [-0.4, -0.2) is 11.3 Å². The van der Waals surface area contributed by atoms with Crippen molar-refractivity contribution < 1.29 is 17.9 Å². The zero-order valence-corrected chi connectivity index (χ0v) is 9.11. The number of hydrogen-bond acceptors (Lipinski definition) is 3. The van der Waals surface area contributed by atoms with Crippen LogP contribution in [0.2, 0.25) is 5.15 Å². The highest BCUT2D eigenvalue weighted by molar-refractivity contribution is 9.10. The smallest absolute Gasteiger partial charge is 0.401 e. The Hall–Kier alpha value is -1.00. The van der Waals surface area contributed by atoms with Gasteiger partial charge in [0.2, 0.25) is 0 Å². The molecule has 0 N–H and O–H groups in total. The Balaban J connectivity index is 3.23. The molecule has 80 valence electrons. The SMILES string of the molecule is N#Cc1cc(Br)nc(Cl)c1OC(F)(F)F. The lowest BCUT2D eigenvalue weighted by Crippen LogP contribution is -2.18. The maximum absolute atomic E-state index is 11.9. The van der Waals surface area contributed by atoms with Crippen LogP contribution in [0.4, 0.5) is 13.2 Å². The van der Waals surface area contributed by atoms with Crippen LogP contribution in [0.3, 0.4) is 0 Å². The molecule has 1 aromatic rings. The van der Waals surface area contributed by atoms with Crippen molar-refractivity contribution in [2.24, 2.45) is 0 Å². The molecule has 0 unspecified atom stereocenters. The van der Waals surface area contributed by atoms with Crippen LogP contribution in [-0.2, 0) is 0 Å². The van der Waals surface area contributed by atoms with Crippen molar-refractivity contribution in [2.75, 3.05) is 0 Å². The Morgan fingerprint density at radius 3 is 2.60 bits per heavy atom. The van der Waals surface area contributed by atoms with Crippen molar-refractivity contribution >= 4 is 27.5 Å². The third-order valence-electron chi connectivity index (χ3n) is 1.24. The topological polar surface area (TPSA) is 45.9 Å². The number of nitriles is 1. The van der Waals surface area contributed by atoms with Crippen LogP contribution in [0.5, 0.6) is 5.75 Å². The molecule has 0 spiro atoms. The monoisotopic (exact) mass is 300 g/mol. The first-order valence-electron chi connectivity index (χ1n) is 3.35. The van der Waals surface area contributed by atoms with Gasteiger partial charge in [0, 0.05) is 0 Å². The highest BCUT2D eigenvalue weighted by Gasteiger charge is 2.33. The third kappa shape index (κ3) is 3.25. The van der Waals surface area contributed by atoms with E-state index >= 15 is 0 Å². The average molecular weight is 301 g/mol. The van der Waals surface area contributed by atoms with E-state index in [0.717, 1.165) is 6.07 Å². The van der Waals surface area contributed by atoms with Crippen molar-refractivity contribution in [2.45, 2.75) is 6.36 Å². The van der Waals surface area contributed by atoms with Crippen LogP contribution in [0, 0.1) is 11.3 Å². The molecule has 0 saturated heterocycles. The molecular weight excluding hydrogens is 300 g/mol. The van der Waals surface area contributed by atoms with Crippen LogP contribution in [0.15, 0.2) is 10.7 Å². The largest absolute Gasteiger partial charge is 0.573 e. The maximum atomic E-state index is 11.9. The summed E-state index contributed by atoms with van der Waals surface area (Å²) in [5.74, 6) is -0.796. The van der Waals surface area contributed by atoms with Crippen LogP contribution in [0.25, 0.3) is 0 Å². The molecule has 0 bridgehead atoms. The standard InChI is InChI=1S/C7HBrClF3N2O/c8-4-1-3(2-13)5(6(9)14-4)15-7(10,11)12/h1H. The van der Waals surface area contributed by atoms with E-state index in [1.165, 1.54) is 6.07 Å². The van der Waals surface area contributed by atoms with Gasteiger partial charge in [0.1, 0.15) is 16.2 Å². The van der Waals surface area contributed by atoms with E-state index in [4.69, 9.17) is 16.9 Å². The predicted molar refractivity (Wildman–Crippen MR) is 48.3 cm³/mol. The number of aromatic nitrogens is 1. The average Bonchev–Trinajstić information content (AvgIpc) is 2.07. The molecule has 0 amide bonds. The number of pyridine rings is 1. The van der Waals surface area contributed by atoms with Crippen molar-refractivity contribution in [3.8, 4) is 11.8 Å². The maximum Gasteiger partial charge on any atom is 0.573 e. The summed E-state index contributed by atoms with van der Waals surface area (Å²) < 4.78 is 39.4. The van der Waals surface area contributed by atoms with Gasteiger partial charge in [-0.25, -0.2) is 4.98 Å². The van der Waals surface area contributed by atoms with E-state index in [2.05, 4.69) is 25.7 Å². The summed E-state index contributed by atoms with van der Waals surface area (Å²) >= 11 is 8.29. The van der Waals surface area contributed by atoms with E-state index in [0.29, 0.717) is 0 Å². The zero-order valence-electron chi connectivity index (χ0n) is 6.77. The highest BCUT2D eigenvalue weighted by Crippen LogP contribution is 2.33. The lowest BCUT2D eigenvalue weighted by Gasteiger charge is -2.11. The van der Waals surface area contributed by atoms with E-state index in [-0.39, 0.29) is 10.2 Å². The summed E-state index contributed by atoms with van der Waals surface area (Å²) in [7, 11) is 0. The number of rotatable bonds is 1. The summed E-state index contributed by atoms with van der Waals surface area (Å²) in [5.41, 5.74) is -0.348. The molecule has 0 fully saturated rings. The van der Waals surface area contributed by atoms with Gasteiger partial charge < -0.3 is 4.74 Å². The second-order valence-corrected chi connectivity index (χ2v) is 3.44. The number of halogens is 5.